The fraction of sp³-hybridized carbons (Fsp3) is 0.724. The first-order valence-corrected chi connectivity index (χ1v) is 34.9. The molecule has 0 aromatic heterocycles. The van der Waals surface area contributed by atoms with Gasteiger partial charge < -0.3 is 14.2 Å². The molecule has 0 N–H and O–H groups in total. The second-order valence-corrected chi connectivity index (χ2v) is 23.1. The van der Waals surface area contributed by atoms with Crippen LogP contribution in [0, 0.1) is 0 Å². The van der Waals surface area contributed by atoms with Crippen molar-refractivity contribution in [2.45, 2.75) is 341 Å². The van der Waals surface area contributed by atoms with E-state index in [1.54, 1.807) is 0 Å². The summed E-state index contributed by atoms with van der Waals surface area (Å²) in [5.41, 5.74) is 0. The lowest BCUT2D eigenvalue weighted by molar-refractivity contribution is -0.167. The maximum atomic E-state index is 12.9. The topological polar surface area (TPSA) is 78.9 Å². The van der Waals surface area contributed by atoms with Gasteiger partial charge in [-0.3, -0.25) is 14.4 Å². The van der Waals surface area contributed by atoms with Crippen LogP contribution in [0.2, 0.25) is 0 Å². The molecule has 0 aromatic carbocycles. The maximum absolute atomic E-state index is 12.9. The first kappa shape index (κ1) is 78.1. The average Bonchev–Trinajstić information content (AvgIpc) is 3.47. The van der Waals surface area contributed by atoms with Crippen molar-refractivity contribution in [2.24, 2.45) is 0 Å². The number of carbonyl (C=O) groups excluding carboxylic acids is 3. The number of rotatable bonds is 63. The molecule has 0 heterocycles. The molecule has 6 heteroatoms. The highest BCUT2D eigenvalue weighted by Crippen LogP contribution is 2.17. The monoisotopic (exact) mass is 1140 g/mol. The van der Waals surface area contributed by atoms with E-state index in [0.29, 0.717) is 19.3 Å². The third-order valence-corrected chi connectivity index (χ3v) is 15.0. The number of ether oxygens (including phenoxy) is 3. The highest BCUT2D eigenvalue weighted by molar-refractivity contribution is 5.71. The van der Waals surface area contributed by atoms with E-state index in [4.69, 9.17) is 14.2 Å². The van der Waals surface area contributed by atoms with Crippen LogP contribution in [-0.4, -0.2) is 37.2 Å². The van der Waals surface area contributed by atoms with Crippen molar-refractivity contribution >= 4 is 17.9 Å². The molecule has 1 atom stereocenters. The fourth-order valence-corrected chi connectivity index (χ4v) is 9.77. The zero-order chi connectivity index (χ0) is 59.2. The van der Waals surface area contributed by atoms with Gasteiger partial charge in [-0.15, -0.1) is 0 Å². The van der Waals surface area contributed by atoms with Crippen LogP contribution in [0.25, 0.3) is 0 Å². The Morgan fingerprint density at radius 3 is 0.805 bits per heavy atom. The molecule has 0 bridgehead atoms. The van der Waals surface area contributed by atoms with Gasteiger partial charge in [0, 0.05) is 19.3 Å². The Hall–Kier alpha value is -3.93. The number of esters is 3. The van der Waals surface area contributed by atoms with Crippen LogP contribution in [0.1, 0.15) is 335 Å². The summed E-state index contributed by atoms with van der Waals surface area (Å²) in [6, 6.07) is 0. The third kappa shape index (κ3) is 66.9. The summed E-state index contributed by atoms with van der Waals surface area (Å²) < 4.78 is 16.9. The summed E-state index contributed by atoms with van der Waals surface area (Å²) in [5.74, 6) is -0.940. The SMILES string of the molecule is CC/C=C\C/C=C\C/C=C\C/C=C\C/C=C\C/C=C\CCCCC(=O)OC(COC(=O)CCCCCCC/C=C\CCCCC)COC(=O)CCCCCCCCCCCCCCCCCCCCC/C=C\C/C=C\CCCCCCC. The molecule has 0 aliphatic rings. The zero-order valence-corrected chi connectivity index (χ0v) is 54.0. The van der Waals surface area contributed by atoms with E-state index in [-0.39, 0.29) is 37.5 Å². The Morgan fingerprint density at radius 1 is 0.256 bits per heavy atom. The van der Waals surface area contributed by atoms with Gasteiger partial charge in [0.25, 0.3) is 0 Å². The molecule has 1 unspecified atom stereocenters. The number of hydrogen-bond acceptors (Lipinski definition) is 6. The van der Waals surface area contributed by atoms with Crippen LogP contribution >= 0.6 is 0 Å². The molecule has 82 heavy (non-hydrogen) atoms. The minimum Gasteiger partial charge on any atom is -0.462 e. The molecule has 0 rings (SSSR count). The van der Waals surface area contributed by atoms with Crippen LogP contribution in [0.15, 0.2) is 109 Å². The molecule has 0 saturated heterocycles. The van der Waals surface area contributed by atoms with Crippen LogP contribution in [0.4, 0.5) is 0 Å². The lowest BCUT2D eigenvalue weighted by Crippen LogP contribution is -2.30. The largest absolute Gasteiger partial charge is 0.462 e. The molecule has 0 fully saturated rings. The molecule has 0 amide bonds. The molecule has 0 aliphatic heterocycles. The van der Waals surface area contributed by atoms with E-state index in [1.807, 2.05) is 0 Å². The van der Waals surface area contributed by atoms with E-state index in [9.17, 15) is 14.4 Å². The Bertz CT molecular complexity index is 1640. The van der Waals surface area contributed by atoms with Gasteiger partial charge in [0.15, 0.2) is 6.10 Å². The molecule has 6 nitrogen and oxygen atoms in total. The predicted octanol–water partition coefficient (Wildman–Crippen LogP) is 24.2. The van der Waals surface area contributed by atoms with E-state index in [2.05, 4.69) is 130 Å². The Labute approximate surface area is 508 Å². The lowest BCUT2D eigenvalue weighted by Gasteiger charge is -2.18. The second kappa shape index (κ2) is 69.6. The second-order valence-electron chi connectivity index (χ2n) is 23.1. The van der Waals surface area contributed by atoms with E-state index in [0.717, 1.165) is 109 Å². The van der Waals surface area contributed by atoms with Crippen molar-refractivity contribution in [3.05, 3.63) is 109 Å². The van der Waals surface area contributed by atoms with Crippen LogP contribution in [-0.2, 0) is 28.6 Å². The van der Waals surface area contributed by atoms with Gasteiger partial charge in [-0.05, 0) is 128 Å². The minimum atomic E-state index is -0.806. The van der Waals surface area contributed by atoms with Crippen molar-refractivity contribution in [2.75, 3.05) is 13.2 Å². The van der Waals surface area contributed by atoms with Gasteiger partial charge in [0.05, 0.1) is 0 Å². The quantitative estimate of drug-likeness (QED) is 0.0261. The molecule has 0 aromatic rings. The Kier molecular flexibility index (Phi) is 66.2. The summed E-state index contributed by atoms with van der Waals surface area (Å²) in [6.07, 6.45) is 95.6. The molecule has 0 spiro atoms. The summed E-state index contributed by atoms with van der Waals surface area (Å²) in [4.78, 5) is 38.3. The van der Waals surface area contributed by atoms with Gasteiger partial charge in [-0.2, -0.15) is 0 Å². The zero-order valence-electron chi connectivity index (χ0n) is 54.0. The number of allylic oxidation sites excluding steroid dienone is 18. The van der Waals surface area contributed by atoms with Crippen molar-refractivity contribution in [1.29, 1.82) is 0 Å². The van der Waals surface area contributed by atoms with Gasteiger partial charge in [0.2, 0.25) is 0 Å². The van der Waals surface area contributed by atoms with Gasteiger partial charge >= 0.3 is 17.9 Å². The van der Waals surface area contributed by atoms with E-state index in [1.165, 1.54) is 180 Å². The van der Waals surface area contributed by atoms with E-state index < -0.39 is 6.10 Å². The van der Waals surface area contributed by atoms with Gasteiger partial charge in [-0.25, -0.2) is 0 Å². The third-order valence-electron chi connectivity index (χ3n) is 15.0. The first-order chi connectivity index (χ1) is 40.5. The lowest BCUT2D eigenvalue weighted by atomic mass is 10.0. The van der Waals surface area contributed by atoms with Crippen LogP contribution in [0.3, 0.4) is 0 Å². The number of carbonyl (C=O) groups is 3. The summed E-state index contributed by atoms with van der Waals surface area (Å²) in [7, 11) is 0. The van der Waals surface area contributed by atoms with Crippen molar-refractivity contribution < 1.29 is 28.6 Å². The van der Waals surface area contributed by atoms with Crippen molar-refractivity contribution in [3.8, 4) is 0 Å². The normalized spacial score (nSPS) is 12.8. The number of unbranched alkanes of at least 4 members (excludes halogenated alkanes) is 34. The van der Waals surface area contributed by atoms with Gasteiger partial charge in [0.1, 0.15) is 13.2 Å². The van der Waals surface area contributed by atoms with Crippen LogP contribution in [0.5, 0.6) is 0 Å². The predicted molar refractivity (Wildman–Crippen MR) is 357 cm³/mol. The highest BCUT2D eigenvalue weighted by Gasteiger charge is 2.19. The standard InChI is InChI=1S/C76H130O6/c1-4-7-10-13-16-19-22-25-27-29-31-33-34-35-36-37-38-39-40-41-42-44-45-47-49-51-54-57-60-63-66-69-75(78)81-72-73(71-80-74(77)68-65-62-59-56-53-24-21-18-15-12-9-6-3)82-76(79)70-67-64-61-58-55-52-50-48-46-43-32-30-28-26-23-20-17-14-11-8-5-2/h8,11,17-18,20-22,25-26,28-29,31-32,43,48,50,55,58,73H,4-7,9-10,12-16,19,23-24,27,30,33-42,44-47,49,51-54,56-57,59-72H2,1-3H3/b11-8-,20-17-,21-18-,25-22-,28-26-,31-29-,43-32-,50-48-,58-55-. The highest BCUT2D eigenvalue weighted by atomic mass is 16.6. The van der Waals surface area contributed by atoms with Gasteiger partial charge in [-0.1, -0.05) is 297 Å². The minimum absolute atomic E-state index is 0.0970. The first-order valence-electron chi connectivity index (χ1n) is 34.9. The summed E-state index contributed by atoms with van der Waals surface area (Å²) in [6.45, 7) is 6.48. The van der Waals surface area contributed by atoms with E-state index >= 15 is 0 Å². The Morgan fingerprint density at radius 2 is 0.476 bits per heavy atom. The van der Waals surface area contributed by atoms with Crippen LogP contribution < -0.4 is 0 Å². The molecule has 0 radical (unpaired) electrons. The molecule has 0 saturated carbocycles. The summed E-state index contributed by atoms with van der Waals surface area (Å²) >= 11 is 0. The smallest absolute Gasteiger partial charge is 0.306 e. The Balaban J connectivity index is 4.26. The molecular formula is C76H130O6. The molecule has 470 valence electrons. The average molecular weight is 1140 g/mol. The molecular weight excluding hydrogens is 1010 g/mol. The summed E-state index contributed by atoms with van der Waals surface area (Å²) in [5, 5.41) is 0. The number of hydrogen-bond donors (Lipinski definition) is 0. The fourth-order valence-electron chi connectivity index (χ4n) is 9.77. The molecule has 0 aliphatic carbocycles. The maximum Gasteiger partial charge on any atom is 0.306 e. The van der Waals surface area contributed by atoms with Crippen molar-refractivity contribution in [3.63, 3.8) is 0 Å². The van der Waals surface area contributed by atoms with Crippen molar-refractivity contribution in [1.82, 2.24) is 0 Å².